The molecule has 0 saturated carbocycles. The fraction of sp³-hybridized carbons (Fsp3) is 0.200. The Morgan fingerprint density at radius 3 is 2.62 bits per heavy atom. The van der Waals surface area contributed by atoms with Crippen LogP contribution in [0.5, 0.6) is 5.75 Å². The van der Waals surface area contributed by atoms with Crippen molar-refractivity contribution in [2.45, 2.75) is 13.8 Å². The molecule has 2 aromatic carbocycles. The fourth-order valence-corrected chi connectivity index (χ4v) is 3.15. The van der Waals surface area contributed by atoms with Gasteiger partial charge in [0.15, 0.2) is 0 Å². The number of allylic oxidation sites excluding steroid dienone is 1. The number of fused-ring (bicyclic) bond motifs is 1. The molecule has 1 heterocycles. The van der Waals surface area contributed by atoms with Gasteiger partial charge in [0.2, 0.25) is 0 Å². The summed E-state index contributed by atoms with van der Waals surface area (Å²) in [4.78, 5) is 4.55. The van der Waals surface area contributed by atoms with Gasteiger partial charge in [-0.1, -0.05) is 38.1 Å². The third-order valence-corrected chi connectivity index (χ3v) is 4.49. The largest absolute Gasteiger partial charge is 0.493 e. The number of para-hydroxylation sites is 1. The van der Waals surface area contributed by atoms with Crippen LogP contribution in [0.4, 0.5) is 0 Å². The molecule has 24 heavy (non-hydrogen) atoms. The van der Waals surface area contributed by atoms with E-state index in [1.165, 1.54) is 11.3 Å². The van der Waals surface area contributed by atoms with E-state index in [-0.39, 0.29) is 0 Å². The quantitative estimate of drug-likeness (QED) is 0.587. The summed E-state index contributed by atoms with van der Waals surface area (Å²) in [5.41, 5.74) is 2.46. The number of hydrogen-bond donors (Lipinski definition) is 0. The predicted octanol–water partition coefficient (Wildman–Crippen LogP) is 5.40. The Morgan fingerprint density at radius 1 is 1.21 bits per heavy atom. The molecule has 0 saturated heterocycles. The first-order valence-electron chi connectivity index (χ1n) is 7.86. The molecule has 4 heteroatoms. The standard InChI is InChI=1S/C20H18N2OS/c1-14(2)13-23-17-9-7-15(8-10-17)11-16(12-21)20-22-18-5-3-4-6-19(18)24-20/h3-11,14H,13H2,1-2H3/b16-11-. The molecule has 0 aliphatic heterocycles. The Bertz CT molecular complexity index is 868. The van der Waals surface area contributed by atoms with E-state index in [2.05, 4.69) is 24.9 Å². The molecule has 0 atom stereocenters. The van der Waals surface area contributed by atoms with Gasteiger partial charge in [-0.05, 0) is 41.8 Å². The summed E-state index contributed by atoms with van der Waals surface area (Å²) in [6.07, 6.45) is 1.87. The van der Waals surface area contributed by atoms with E-state index in [4.69, 9.17) is 4.74 Å². The maximum atomic E-state index is 9.49. The topological polar surface area (TPSA) is 45.9 Å². The Morgan fingerprint density at radius 2 is 1.96 bits per heavy atom. The third kappa shape index (κ3) is 3.81. The van der Waals surface area contributed by atoms with Crippen molar-refractivity contribution in [1.29, 1.82) is 5.26 Å². The van der Waals surface area contributed by atoms with Crippen molar-refractivity contribution < 1.29 is 4.74 Å². The molecule has 0 spiro atoms. The lowest BCUT2D eigenvalue weighted by Gasteiger charge is -2.08. The van der Waals surface area contributed by atoms with Gasteiger partial charge in [0.25, 0.3) is 0 Å². The number of rotatable bonds is 5. The van der Waals surface area contributed by atoms with E-state index >= 15 is 0 Å². The van der Waals surface area contributed by atoms with Gasteiger partial charge in [-0.2, -0.15) is 5.26 Å². The molecule has 0 fully saturated rings. The number of benzene rings is 2. The molecule has 3 nitrogen and oxygen atoms in total. The number of aromatic nitrogens is 1. The normalized spacial score (nSPS) is 11.7. The van der Waals surface area contributed by atoms with E-state index in [0.29, 0.717) is 18.1 Å². The molecule has 0 aliphatic carbocycles. The van der Waals surface area contributed by atoms with Crippen LogP contribution in [0, 0.1) is 17.2 Å². The van der Waals surface area contributed by atoms with Crippen LogP contribution in [0.3, 0.4) is 0 Å². The number of nitrogens with zero attached hydrogens (tertiary/aromatic N) is 2. The molecule has 3 aromatic rings. The van der Waals surface area contributed by atoms with Crippen LogP contribution in [-0.2, 0) is 0 Å². The van der Waals surface area contributed by atoms with E-state index in [1.54, 1.807) is 0 Å². The first-order valence-corrected chi connectivity index (χ1v) is 8.68. The van der Waals surface area contributed by atoms with Crippen molar-refractivity contribution in [3.8, 4) is 11.8 Å². The highest BCUT2D eigenvalue weighted by atomic mass is 32.1. The lowest BCUT2D eigenvalue weighted by molar-refractivity contribution is 0.271. The van der Waals surface area contributed by atoms with E-state index in [0.717, 1.165) is 26.5 Å². The van der Waals surface area contributed by atoms with E-state index in [9.17, 15) is 5.26 Å². The predicted molar refractivity (Wildman–Crippen MR) is 99.9 cm³/mol. The third-order valence-electron chi connectivity index (χ3n) is 3.42. The Kier molecular flexibility index (Phi) is 4.93. The van der Waals surface area contributed by atoms with Crippen molar-refractivity contribution in [1.82, 2.24) is 4.98 Å². The lowest BCUT2D eigenvalue weighted by Crippen LogP contribution is -2.04. The molecular formula is C20H18N2OS. The van der Waals surface area contributed by atoms with E-state index in [1.807, 2.05) is 54.6 Å². The van der Waals surface area contributed by atoms with Crippen molar-refractivity contribution in [2.75, 3.05) is 6.61 Å². The van der Waals surface area contributed by atoms with Gasteiger partial charge in [0.05, 0.1) is 22.4 Å². The van der Waals surface area contributed by atoms with Gasteiger partial charge in [-0.15, -0.1) is 11.3 Å². The average molecular weight is 334 g/mol. The number of ether oxygens (including phenoxy) is 1. The molecule has 0 N–H and O–H groups in total. The maximum absolute atomic E-state index is 9.49. The molecular weight excluding hydrogens is 316 g/mol. The SMILES string of the molecule is CC(C)COc1ccc(/C=C(/C#N)c2nc3ccccc3s2)cc1. The summed E-state index contributed by atoms with van der Waals surface area (Å²) in [5, 5.41) is 10.2. The molecule has 120 valence electrons. The van der Waals surface area contributed by atoms with Crippen LogP contribution in [0.15, 0.2) is 48.5 Å². The van der Waals surface area contributed by atoms with Gasteiger partial charge < -0.3 is 4.74 Å². The smallest absolute Gasteiger partial charge is 0.135 e. The van der Waals surface area contributed by atoms with Crippen molar-refractivity contribution in [3.63, 3.8) is 0 Å². The summed E-state index contributed by atoms with van der Waals surface area (Å²) in [5.74, 6) is 1.34. The Hall–Kier alpha value is -2.64. The number of thiazole rings is 1. The first-order chi connectivity index (χ1) is 11.7. The lowest BCUT2D eigenvalue weighted by atomic mass is 10.1. The molecule has 3 rings (SSSR count). The fourth-order valence-electron chi connectivity index (χ4n) is 2.22. The van der Waals surface area contributed by atoms with Crippen LogP contribution in [0.2, 0.25) is 0 Å². The van der Waals surface area contributed by atoms with Crippen LogP contribution < -0.4 is 4.74 Å². The molecule has 0 bridgehead atoms. The van der Waals surface area contributed by atoms with Gasteiger partial charge in [0, 0.05) is 0 Å². The zero-order valence-electron chi connectivity index (χ0n) is 13.7. The van der Waals surface area contributed by atoms with Crippen LogP contribution in [-0.4, -0.2) is 11.6 Å². The second-order valence-electron chi connectivity index (χ2n) is 5.93. The van der Waals surface area contributed by atoms with E-state index < -0.39 is 0 Å². The number of nitriles is 1. The summed E-state index contributed by atoms with van der Waals surface area (Å²) >= 11 is 1.54. The highest BCUT2D eigenvalue weighted by Gasteiger charge is 2.08. The molecule has 1 aromatic heterocycles. The molecule has 0 unspecified atom stereocenters. The van der Waals surface area contributed by atoms with Crippen molar-refractivity contribution >= 4 is 33.2 Å². The summed E-state index contributed by atoms with van der Waals surface area (Å²) in [6, 6.07) is 18.0. The van der Waals surface area contributed by atoms with Gasteiger partial charge in [0.1, 0.15) is 16.8 Å². The van der Waals surface area contributed by atoms with Crippen LogP contribution in [0.25, 0.3) is 21.9 Å². The van der Waals surface area contributed by atoms with Gasteiger partial charge in [-0.3, -0.25) is 0 Å². The van der Waals surface area contributed by atoms with Crippen LogP contribution >= 0.6 is 11.3 Å². The minimum atomic E-state index is 0.494. The Labute approximate surface area is 145 Å². The molecule has 0 amide bonds. The van der Waals surface area contributed by atoms with Crippen molar-refractivity contribution in [2.24, 2.45) is 5.92 Å². The minimum absolute atomic E-state index is 0.494. The second-order valence-corrected chi connectivity index (χ2v) is 6.96. The van der Waals surface area contributed by atoms with Crippen molar-refractivity contribution in [3.05, 3.63) is 59.1 Å². The number of hydrogen-bond acceptors (Lipinski definition) is 4. The first kappa shape index (κ1) is 16.2. The van der Waals surface area contributed by atoms with Gasteiger partial charge in [-0.25, -0.2) is 4.98 Å². The second kappa shape index (κ2) is 7.29. The average Bonchev–Trinajstić information content (AvgIpc) is 3.02. The Balaban J connectivity index is 1.83. The minimum Gasteiger partial charge on any atom is -0.493 e. The summed E-state index contributed by atoms with van der Waals surface area (Å²) in [6.45, 7) is 4.94. The molecule has 0 radical (unpaired) electrons. The van der Waals surface area contributed by atoms with Crippen LogP contribution in [0.1, 0.15) is 24.4 Å². The zero-order chi connectivity index (χ0) is 16.9. The summed E-state index contributed by atoms with van der Waals surface area (Å²) < 4.78 is 6.77. The monoisotopic (exact) mass is 334 g/mol. The maximum Gasteiger partial charge on any atom is 0.135 e. The summed E-state index contributed by atoms with van der Waals surface area (Å²) in [7, 11) is 0. The highest BCUT2D eigenvalue weighted by molar-refractivity contribution is 7.19. The zero-order valence-corrected chi connectivity index (χ0v) is 14.5. The molecule has 0 aliphatic rings. The van der Waals surface area contributed by atoms with Gasteiger partial charge >= 0.3 is 0 Å². The highest BCUT2D eigenvalue weighted by Crippen LogP contribution is 2.28.